The molecule has 1 saturated heterocycles. The summed E-state index contributed by atoms with van der Waals surface area (Å²) in [5.74, 6) is -0.0540. The molecule has 1 aliphatic heterocycles. The standard InChI is InChI=1S/C11H21BrN2O2/c1-9(2)7-11(5,13-8(15)6-12)10(3,4)14(9)16/h16H,6-7H2,1-5H3,(H,13,15). The lowest BCUT2D eigenvalue weighted by Gasteiger charge is -2.41. The van der Waals surface area contributed by atoms with E-state index in [1.165, 1.54) is 5.06 Å². The normalized spacial score (nSPS) is 32.7. The lowest BCUT2D eigenvalue weighted by molar-refractivity contribution is -0.199. The Balaban J connectivity index is 3.01. The average Bonchev–Trinajstić information content (AvgIpc) is 2.24. The van der Waals surface area contributed by atoms with Gasteiger partial charge in [-0.05, 0) is 41.0 Å². The molecule has 0 aliphatic carbocycles. The molecule has 94 valence electrons. The summed E-state index contributed by atoms with van der Waals surface area (Å²) in [7, 11) is 0. The van der Waals surface area contributed by atoms with Crippen LogP contribution in [-0.2, 0) is 4.79 Å². The summed E-state index contributed by atoms with van der Waals surface area (Å²) >= 11 is 3.14. The molecule has 0 radical (unpaired) electrons. The van der Waals surface area contributed by atoms with Crippen LogP contribution in [0.15, 0.2) is 0 Å². The highest BCUT2D eigenvalue weighted by atomic mass is 79.9. The van der Waals surface area contributed by atoms with Crippen LogP contribution in [0.1, 0.15) is 41.0 Å². The van der Waals surface area contributed by atoms with E-state index in [0.717, 1.165) is 0 Å². The van der Waals surface area contributed by atoms with E-state index in [9.17, 15) is 10.0 Å². The van der Waals surface area contributed by atoms with Gasteiger partial charge < -0.3 is 10.5 Å². The first-order valence-corrected chi connectivity index (χ1v) is 6.55. The monoisotopic (exact) mass is 292 g/mol. The summed E-state index contributed by atoms with van der Waals surface area (Å²) < 4.78 is 0. The summed E-state index contributed by atoms with van der Waals surface area (Å²) in [6.45, 7) is 9.80. The van der Waals surface area contributed by atoms with Gasteiger partial charge in [-0.3, -0.25) is 4.79 Å². The molecule has 0 spiro atoms. The molecule has 0 saturated carbocycles. The number of hydrogen-bond acceptors (Lipinski definition) is 3. The number of alkyl halides is 1. The first kappa shape index (κ1) is 13.9. The SMILES string of the molecule is CC1(C)CC(C)(NC(=O)CBr)C(C)(C)N1O. The zero-order chi connectivity index (χ0) is 12.8. The van der Waals surface area contributed by atoms with Gasteiger partial charge in [0.25, 0.3) is 0 Å². The Labute approximate surface area is 105 Å². The Bertz CT molecular complexity index is 304. The van der Waals surface area contributed by atoms with Crippen LogP contribution in [0.5, 0.6) is 0 Å². The third-order valence-corrected chi connectivity index (χ3v) is 4.29. The maximum absolute atomic E-state index is 11.5. The predicted molar refractivity (Wildman–Crippen MR) is 66.7 cm³/mol. The van der Waals surface area contributed by atoms with E-state index in [2.05, 4.69) is 21.2 Å². The van der Waals surface area contributed by atoms with E-state index in [1.807, 2.05) is 34.6 Å². The van der Waals surface area contributed by atoms with Gasteiger partial charge in [-0.2, -0.15) is 5.06 Å². The highest BCUT2D eigenvalue weighted by Gasteiger charge is 2.59. The predicted octanol–water partition coefficient (Wildman–Crippen LogP) is 1.91. The number of rotatable bonds is 2. The zero-order valence-corrected chi connectivity index (χ0v) is 12.2. The molecule has 0 bridgehead atoms. The molecule has 1 aliphatic rings. The van der Waals surface area contributed by atoms with Crippen molar-refractivity contribution in [2.45, 2.75) is 57.7 Å². The second-order valence-corrected chi connectivity index (χ2v) is 6.43. The molecule has 1 fully saturated rings. The highest BCUT2D eigenvalue weighted by molar-refractivity contribution is 9.09. The smallest absolute Gasteiger partial charge is 0.231 e. The van der Waals surface area contributed by atoms with Crippen molar-refractivity contribution in [1.29, 1.82) is 0 Å². The maximum atomic E-state index is 11.5. The second kappa shape index (κ2) is 3.96. The zero-order valence-electron chi connectivity index (χ0n) is 10.6. The summed E-state index contributed by atoms with van der Waals surface area (Å²) in [5, 5.41) is 14.8. The van der Waals surface area contributed by atoms with Crippen LogP contribution in [0, 0.1) is 0 Å². The number of amides is 1. The summed E-state index contributed by atoms with van der Waals surface area (Å²) in [4.78, 5) is 11.5. The summed E-state index contributed by atoms with van der Waals surface area (Å²) in [6.07, 6.45) is 0.711. The lowest BCUT2D eigenvalue weighted by atomic mass is 9.80. The van der Waals surface area contributed by atoms with E-state index in [4.69, 9.17) is 0 Å². The Hall–Kier alpha value is -0.130. The van der Waals surface area contributed by atoms with Gasteiger partial charge >= 0.3 is 0 Å². The molecule has 16 heavy (non-hydrogen) atoms. The van der Waals surface area contributed by atoms with Crippen molar-refractivity contribution in [2.75, 3.05) is 5.33 Å². The van der Waals surface area contributed by atoms with Crippen LogP contribution in [0.25, 0.3) is 0 Å². The van der Waals surface area contributed by atoms with Crippen molar-refractivity contribution in [3.05, 3.63) is 0 Å². The fourth-order valence-electron chi connectivity index (χ4n) is 2.69. The number of nitrogens with zero attached hydrogens (tertiary/aromatic N) is 1. The molecule has 4 nitrogen and oxygen atoms in total. The van der Waals surface area contributed by atoms with Gasteiger partial charge in [0.05, 0.1) is 16.4 Å². The Morgan fingerprint density at radius 1 is 1.38 bits per heavy atom. The number of hydrogen-bond donors (Lipinski definition) is 2. The minimum atomic E-state index is -0.492. The second-order valence-electron chi connectivity index (χ2n) is 5.87. The van der Waals surface area contributed by atoms with Gasteiger partial charge in [0.1, 0.15) is 0 Å². The minimum absolute atomic E-state index is 0.0540. The molecule has 2 N–H and O–H groups in total. The molecular weight excluding hydrogens is 272 g/mol. The van der Waals surface area contributed by atoms with Crippen LogP contribution < -0.4 is 5.32 Å². The third kappa shape index (κ3) is 2.00. The molecule has 0 aromatic rings. The van der Waals surface area contributed by atoms with Gasteiger partial charge in [0, 0.05) is 5.54 Å². The van der Waals surface area contributed by atoms with Gasteiger partial charge in [-0.1, -0.05) is 15.9 Å². The third-order valence-electron chi connectivity index (χ3n) is 3.78. The van der Waals surface area contributed by atoms with E-state index in [-0.39, 0.29) is 16.8 Å². The lowest BCUT2D eigenvalue weighted by Crippen LogP contribution is -2.61. The van der Waals surface area contributed by atoms with Crippen molar-refractivity contribution in [3.63, 3.8) is 0 Å². The van der Waals surface area contributed by atoms with Crippen LogP contribution in [0.4, 0.5) is 0 Å². The molecule has 0 aromatic heterocycles. The van der Waals surface area contributed by atoms with Crippen LogP contribution in [-0.4, -0.2) is 38.1 Å². The maximum Gasteiger partial charge on any atom is 0.231 e. The van der Waals surface area contributed by atoms with E-state index < -0.39 is 11.1 Å². The summed E-state index contributed by atoms with van der Waals surface area (Å²) in [6, 6.07) is 0. The quantitative estimate of drug-likeness (QED) is 0.765. The van der Waals surface area contributed by atoms with Gasteiger partial charge in [-0.25, -0.2) is 0 Å². The highest BCUT2D eigenvalue weighted by Crippen LogP contribution is 2.45. The minimum Gasteiger partial charge on any atom is -0.348 e. The van der Waals surface area contributed by atoms with E-state index >= 15 is 0 Å². The fourth-order valence-corrected chi connectivity index (χ4v) is 2.83. The number of nitrogens with one attached hydrogen (secondary N) is 1. The average molecular weight is 293 g/mol. The Morgan fingerprint density at radius 3 is 2.19 bits per heavy atom. The van der Waals surface area contributed by atoms with Crippen LogP contribution in [0.2, 0.25) is 0 Å². The van der Waals surface area contributed by atoms with Gasteiger partial charge in [-0.15, -0.1) is 0 Å². The first-order chi connectivity index (χ1) is 7.07. The summed E-state index contributed by atoms with van der Waals surface area (Å²) in [5.41, 5.74) is -1.26. The van der Waals surface area contributed by atoms with Gasteiger partial charge in [0.2, 0.25) is 5.91 Å². The van der Waals surface area contributed by atoms with Crippen molar-refractivity contribution in [1.82, 2.24) is 10.4 Å². The topological polar surface area (TPSA) is 52.6 Å². The number of carbonyl (C=O) groups is 1. The van der Waals surface area contributed by atoms with Crippen molar-refractivity contribution in [2.24, 2.45) is 0 Å². The van der Waals surface area contributed by atoms with Crippen LogP contribution in [0.3, 0.4) is 0 Å². The molecule has 1 rings (SSSR count). The molecular formula is C11H21BrN2O2. The number of hydroxylamine groups is 2. The molecule has 1 amide bonds. The first-order valence-electron chi connectivity index (χ1n) is 5.43. The van der Waals surface area contributed by atoms with Crippen LogP contribution >= 0.6 is 15.9 Å². The van der Waals surface area contributed by atoms with E-state index in [1.54, 1.807) is 0 Å². The fraction of sp³-hybridized carbons (Fsp3) is 0.909. The number of carbonyl (C=O) groups excluding carboxylic acids is 1. The van der Waals surface area contributed by atoms with Crippen molar-refractivity contribution in [3.8, 4) is 0 Å². The molecule has 0 aromatic carbocycles. The molecule has 1 heterocycles. The number of halogens is 1. The molecule has 1 atom stereocenters. The Kier molecular flexibility index (Phi) is 3.45. The van der Waals surface area contributed by atoms with E-state index in [0.29, 0.717) is 6.42 Å². The molecule has 5 heteroatoms. The van der Waals surface area contributed by atoms with Crippen molar-refractivity contribution >= 4 is 21.8 Å². The van der Waals surface area contributed by atoms with Crippen molar-refractivity contribution < 1.29 is 10.0 Å². The molecule has 1 unspecified atom stereocenters. The Morgan fingerprint density at radius 2 is 1.88 bits per heavy atom. The largest absolute Gasteiger partial charge is 0.348 e. The van der Waals surface area contributed by atoms with Gasteiger partial charge in [0.15, 0.2) is 0 Å².